The maximum Gasteiger partial charge on any atom is 0.126 e. The van der Waals surface area contributed by atoms with Gasteiger partial charge in [0.1, 0.15) is 11.6 Å². The second-order valence-corrected chi connectivity index (χ2v) is 4.14. The van der Waals surface area contributed by atoms with Gasteiger partial charge < -0.3 is 10.1 Å². The second kappa shape index (κ2) is 6.82. The van der Waals surface area contributed by atoms with Crippen LogP contribution in [-0.4, -0.2) is 19.7 Å². The number of benzene rings is 1. The number of halogens is 2. The van der Waals surface area contributed by atoms with Gasteiger partial charge in [0.05, 0.1) is 6.61 Å². The molecule has 0 amide bonds. The standard InChI is InChI=1S/C13H18FNO.ClH/c1-2-16-13-9-11(14)3-4-12(13)10-5-7-15-8-6-10;/h3-4,9-10,15H,2,5-8H2,1H3;1H. The molecular formula is C13H19ClFNO. The Bertz CT molecular complexity index is 353. The molecule has 2 nitrogen and oxygen atoms in total. The Hall–Kier alpha value is -0.800. The summed E-state index contributed by atoms with van der Waals surface area (Å²) in [5.74, 6) is 0.999. The lowest BCUT2D eigenvalue weighted by Gasteiger charge is -2.24. The predicted octanol–water partition coefficient (Wildman–Crippen LogP) is 3.11. The van der Waals surface area contributed by atoms with Gasteiger partial charge in [0.15, 0.2) is 0 Å². The van der Waals surface area contributed by atoms with Crippen LogP contribution in [0.5, 0.6) is 5.75 Å². The van der Waals surface area contributed by atoms with Gasteiger partial charge in [0.25, 0.3) is 0 Å². The number of piperidine rings is 1. The summed E-state index contributed by atoms with van der Waals surface area (Å²) in [5.41, 5.74) is 1.16. The molecule has 0 atom stereocenters. The summed E-state index contributed by atoms with van der Waals surface area (Å²) in [4.78, 5) is 0. The van der Waals surface area contributed by atoms with Crippen molar-refractivity contribution in [2.24, 2.45) is 0 Å². The Morgan fingerprint density at radius 1 is 1.35 bits per heavy atom. The minimum atomic E-state index is -0.221. The lowest BCUT2D eigenvalue weighted by molar-refractivity contribution is 0.327. The topological polar surface area (TPSA) is 21.3 Å². The first-order valence-corrected chi connectivity index (χ1v) is 5.94. The van der Waals surface area contributed by atoms with Crippen molar-refractivity contribution in [2.45, 2.75) is 25.7 Å². The summed E-state index contributed by atoms with van der Waals surface area (Å²) in [6.45, 7) is 4.58. The molecule has 4 heteroatoms. The molecule has 0 aliphatic carbocycles. The molecule has 1 heterocycles. The quantitative estimate of drug-likeness (QED) is 0.901. The van der Waals surface area contributed by atoms with Gasteiger partial charge >= 0.3 is 0 Å². The average molecular weight is 260 g/mol. The first-order chi connectivity index (χ1) is 7.81. The monoisotopic (exact) mass is 259 g/mol. The molecule has 0 saturated carbocycles. The Morgan fingerprint density at radius 2 is 2.06 bits per heavy atom. The van der Waals surface area contributed by atoms with E-state index in [9.17, 15) is 4.39 Å². The minimum Gasteiger partial charge on any atom is -0.493 e. The van der Waals surface area contributed by atoms with E-state index in [4.69, 9.17) is 4.74 Å². The Balaban J connectivity index is 0.00000144. The molecule has 1 fully saturated rings. The lowest BCUT2D eigenvalue weighted by Crippen LogP contribution is -2.26. The molecule has 1 aromatic rings. The van der Waals surface area contributed by atoms with E-state index in [-0.39, 0.29) is 18.2 Å². The zero-order chi connectivity index (χ0) is 11.4. The van der Waals surface area contributed by atoms with Crippen molar-refractivity contribution < 1.29 is 9.13 Å². The molecule has 1 aliphatic rings. The third kappa shape index (κ3) is 3.58. The largest absolute Gasteiger partial charge is 0.493 e. The molecule has 1 aliphatic heterocycles. The zero-order valence-corrected chi connectivity index (χ0v) is 10.9. The molecule has 0 aromatic heterocycles. The maximum absolute atomic E-state index is 13.1. The Labute approximate surface area is 108 Å². The van der Waals surface area contributed by atoms with E-state index in [1.807, 2.05) is 13.0 Å². The SMILES string of the molecule is CCOc1cc(F)ccc1C1CCNCC1.Cl. The summed E-state index contributed by atoms with van der Waals surface area (Å²) < 4.78 is 18.7. The molecule has 0 spiro atoms. The fourth-order valence-electron chi connectivity index (χ4n) is 2.26. The summed E-state index contributed by atoms with van der Waals surface area (Å²) in [7, 11) is 0. The molecule has 1 saturated heterocycles. The van der Waals surface area contributed by atoms with Crippen LogP contribution in [0.25, 0.3) is 0 Å². The highest BCUT2D eigenvalue weighted by Gasteiger charge is 2.19. The van der Waals surface area contributed by atoms with Crippen LogP contribution in [0.3, 0.4) is 0 Å². The summed E-state index contributed by atoms with van der Waals surface area (Å²) >= 11 is 0. The van der Waals surface area contributed by atoms with Crippen LogP contribution in [0.15, 0.2) is 18.2 Å². The van der Waals surface area contributed by atoms with E-state index in [1.54, 1.807) is 0 Å². The van der Waals surface area contributed by atoms with Crippen LogP contribution < -0.4 is 10.1 Å². The smallest absolute Gasteiger partial charge is 0.126 e. The highest BCUT2D eigenvalue weighted by Crippen LogP contribution is 2.33. The van der Waals surface area contributed by atoms with Crippen LogP contribution in [0.1, 0.15) is 31.2 Å². The van der Waals surface area contributed by atoms with Crippen molar-refractivity contribution in [1.82, 2.24) is 5.32 Å². The van der Waals surface area contributed by atoms with E-state index < -0.39 is 0 Å². The van der Waals surface area contributed by atoms with Gasteiger partial charge in [0, 0.05) is 6.07 Å². The van der Waals surface area contributed by atoms with E-state index in [2.05, 4.69) is 5.32 Å². The number of ether oxygens (including phenoxy) is 1. The minimum absolute atomic E-state index is 0. The van der Waals surface area contributed by atoms with Crippen molar-refractivity contribution in [2.75, 3.05) is 19.7 Å². The number of hydrogen-bond acceptors (Lipinski definition) is 2. The molecule has 96 valence electrons. The lowest BCUT2D eigenvalue weighted by atomic mass is 9.89. The number of rotatable bonds is 3. The molecule has 17 heavy (non-hydrogen) atoms. The van der Waals surface area contributed by atoms with Gasteiger partial charge in [-0.3, -0.25) is 0 Å². The molecule has 1 N–H and O–H groups in total. The van der Waals surface area contributed by atoms with Crippen LogP contribution in [0, 0.1) is 5.82 Å². The maximum atomic E-state index is 13.1. The Kier molecular flexibility index (Phi) is 5.72. The highest BCUT2D eigenvalue weighted by molar-refractivity contribution is 5.85. The molecule has 0 radical (unpaired) electrons. The second-order valence-electron chi connectivity index (χ2n) is 4.14. The third-order valence-corrected chi connectivity index (χ3v) is 3.05. The third-order valence-electron chi connectivity index (χ3n) is 3.05. The highest BCUT2D eigenvalue weighted by atomic mass is 35.5. The van der Waals surface area contributed by atoms with Crippen molar-refractivity contribution in [3.63, 3.8) is 0 Å². The van der Waals surface area contributed by atoms with Gasteiger partial charge in [-0.15, -0.1) is 12.4 Å². The van der Waals surface area contributed by atoms with E-state index in [0.29, 0.717) is 12.5 Å². The normalized spacial score (nSPS) is 16.4. The summed E-state index contributed by atoms with van der Waals surface area (Å²) in [6, 6.07) is 4.90. The van der Waals surface area contributed by atoms with Gasteiger partial charge in [-0.25, -0.2) is 4.39 Å². The summed E-state index contributed by atoms with van der Waals surface area (Å²) in [5, 5.41) is 3.33. The van der Waals surface area contributed by atoms with Crippen LogP contribution in [0.4, 0.5) is 4.39 Å². The first kappa shape index (κ1) is 14.3. The number of hydrogen-bond donors (Lipinski definition) is 1. The van der Waals surface area contributed by atoms with Crippen molar-refractivity contribution in [3.05, 3.63) is 29.6 Å². The fraction of sp³-hybridized carbons (Fsp3) is 0.538. The zero-order valence-electron chi connectivity index (χ0n) is 10.0. The van der Waals surface area contributed by atoms with Crippen molar-refractivity contribution in [3.8, 4) is 5.75 Å². The molecular weight excluding hydrogens is 241 g/mol. The van der Waals surface area contributed by atoms with Crippen molar-refractivity contribution in [1.29, 1.82) is 0 Å². The average Bonchev–Trinajstić information content (AvgIpc) is 2.31. The van der Waals surface area contributed by atoms with Gasteiger partial charge in [-0.2, -0.15) is 0 Å². The van der Waals surface area contributed by atoms with Crippen LogP contribution in [-0.2, 0) is 0 Å². The molecule has 1 aromatic carbocycles. The molecule has 0 unspecified atom stereocenters. The van der Waals surface area contributed by atoms with Crippen molar-refractivity contribution >= 4 is 12.4 Å². The summed E-state index contributed by atoms with van der Waals surface area (Å²) in [6.07, 6.45) is 2.21. The van der Waals surface area contributed by atoms with E-state index in [0.717, 1.165) is 37.2 Å². The van der Waals surface area contributed by atoms with Crippen LogP contribution in [0.2, 0.25) is 0 Å². The van der Waals surface area contributed by atoms with E-state index >= 15 is 0 Å². The first-order valence-electron chi connectivity index (χ1n) is 5.94. The van der Waals surface area contributed by atoms with Crippen LogP contribution >= 0.6 is 12.4 Å². The van der Waals surface area contributed by atoms with Gasteiger partial charge in [-0.05, 0) is 50.4 Å². The molecule has 2 rings (SSSR count). The number of nitrogens with one attached hydrogen (secondary N) is 1. The fourth-order valence-corrected chi connectivity index (χ4v) is 2.26. The van der Waals surface area contributed by atoms with Gasteiger partial charge in [0.2, 0.25) is 0 Å². The predicted molar refractivity (Wildman–Crippen MR) is 69.7 cm³/mol. The van der Waals surface area contributed by atoms with E-state index in [1.165, 1.54) is 12.1 Å². The molecule has 0 bridgehead atoms. The van der Waals surface area contributed by atoms with Gasteiger partial charge in [-0.1, -0.05) is 6.07 Å². The Morgan fingerprint density at radius 3 is 2.71 bits per heavy atom.